The van der Waals surface area contributed by atoms with Crippen LogP contribution in [0.2, 0.25) is 0 Å². The first-order valence-electron chi connectivity index (χ1n) is 5.14. The molecule has 3 nitrogen and oxygen atoms in total. The van der Waals surface area contributed by atoms with E-state index in [1.807, 2.05) is 32.0 Å². The molecular formula is C12H16O3. The van der Waals surface area contributed by atoms with Gasteiger partial charge in [0.05, 0.1) is 0 Å². The molecule has 0 bridgehead atoms. The summed E-state index contributed by atoms with van der Waals surface area (Å²) in [5, 5.41) is 8.58. The Bertz CT molecular complexity index is 322. The maximum Gasteiger partial charge on any atom is 0.341 e. The van der Waals surface area contributed by atoms with E-state index in [2.05, 4.69) is 0 Å². The van der Waals surface area contributed by atoms with Gasteiger partial charge in [0.15, 0.2) is 6.61 Å². The Morgan fingerprint density at radius 2 is 1.80 bits per heavy atom. The Balaban J connectivity index is 2.94. The van der Waals surface area contributed by atoms with Gasteiger partial charge in [0.25, 0.3) is 0 Å². The minimum atomic E-state index is -0.942. The number of hydrogen-bond donors (Lipinski definition) is 1. The highest BCUT2D eigenvalue weighted by molar-refractivity contribution is 5.68. The molecule has 0 aliphatic carbocycles. The van der Waals surface area contributed by atoms with Crippen LogP contribution < -0.4 is 4.74 Å². The average molecular weight is 208 g/mol. The largest absolute Gasteiger partial charge is 0.481 e. The lowest BCUT2D eigenvalue weighted by Gasteiger charge is -2.12. The van der Waals surface area contributed by atoms with Gasteiger partial charge in [0.1, 0.15) is 5.75 Å². The number of ether oxygens (including phenoxy) is 1. The van der Waals surface area contributed by atoms with Crippen LogP contribution in [0.15, 0.2) is 18.2 Å². The molecule has 1 N–H and O–H groups in total. The van der Waals surface area contributed by atoms with Crippen LogP contribution in [-0.2, 0) is 17.6 Å². The topological polar surface area (TPSA) is 46.5 Å². The van der Waals surface area contributed by atoms with Crippen LogP contribution >= 0.6 is 0 Å². The summed E-state index contributed by atoms with van der Waals surface area (Å²) in [6.07, 6.45) is 1.70. The summed E-state index contributed by atoms with van der Waals surface area (Å²) in [5.74, 6) is -0.201. The van der Waals surface area contributed by atoms with E-state index in [0.29, 0.717) is 0 Å². The predicted molar refractivity (Wildman–Crippen MR) is 58.3 cm³/mol. The lowest BCUT2D eigenvalue weighted by atomic mass is 10.1. The fourth-order valence-electron chi connectivity index (χ4n) is 1.51. The van der Waals surface area contributed by atoms with Crippen LogP contribution in [0.1, 0.15) is 25.0 Å². The van der Waals surface area contributed by atoms with Crippen molar-refractivity contribution in [3.63, 3.8) is 0 Å². The Kier molecular flexibility index (Phi) is 4.16. The van der Waals surface area contributed by atoms with Crippen molar-refractivity contribution in [1.29, 1.82) is 0 Å². The van der Waals surface area contributed by atoms with Crippen LogP contribution in [-0.4, -0.2) is 17.7 Å². The van der Waals surface area contributed by atoms with Gasteiger partial charge in [-0.1, -0.05) is 32.0 Å². The third-order valence-electron chi connectivity index (χ3n) is 2.28. The van der Waals surface area contributed by atoms with E-state index in [4.69, 9.17) is 9.84 Å². The Morgan fingerprint density at radius 3 is 2.20 bits per heavy atom. The van der Waals surface area contributed by atoms with E-state index in [-0.39, 0.29) is 6.61 Å². The highest BCUT2D eigenvalue weighted by atomic mass is 16.5. The summed E-state index contributed by atoms with van der Waals surface area (Å²) < 4.78 is 5.31. The predicted octanol–water partition coefficient (Wildman–Crippen LogP) is 2.27. The van der Waals surface area contributed by atoms with Crippen molar-refractivity contribution in [2.45, 2.75) is 26.7 Å². The molecule has 0 fully saturated rings. The maximum absolute atomic E-state index is 10.4. The molecule has 0 aromatic heterocycles. The summed E-state index contributed by atoms with van der Waals surface area (Å²) >= 11 is 0. The van der Waals surface area contributed by atoms with E-state index in [1.54, 1.807) is 0 Å². The van der Waals surface area contributed by atoms with Gasteiger partial charge >= 0.3 is 5.97 Å². The molecule has 0 heterocycles. The van der Waals surface area contributed by atoms with Crippen LogP contribution in [0.4, 0.5) is 0 Å². The normalized spacial score (nSPS) is 10.0. The molecule has 0 atom stereocenters. The zero-order chi connectivity index (χ0) is 11.3. The van der Waals surface area contributed by atoms with E-state index in [1.165, 1.54) is 0 Å². The summed E-state index contributed by atoms with van der Waals surface area (Å²) in [5.41, 5.74) is 2.13. The second-order valence-electron chi connectivity index (χ2n) is 3.29. The number of hydrogen-bond acceptors (Lipinski definition) is 2. The van der Waals surface area contributed by atoms with E-state index >= 15 is 0 Å². The SMILES string of the molecule is CCc1cccc(CC)c1OCC(=O)O. The average Bonchev–Trinajstić information content (AvgIpc) is 2.25. The first-order chi connectivity index (χ1) is 7.19. The fraction of sp³-hybridized carbons (Fsp3) is 0.417. The number of rotatable bonds is 5. The molecule has 0 unspecified atom stereocenters. The second-order valence-corrected chi connectivity index (χ2v) is 3.29. The number of carbonyl (C=O) groups is 1. The number of carboxylic acid groups (broad SMARTS) is 1. The first kappa shape index (κ1) is 11.6. The van der Waals surface area contributed by atoms with Gasteiger partial charge in [-0.3, -0.25) is 0 Å². The molecular weight excluding hydrogens is 192 g/mol. The lowest BCUT2D eigenvalue weighted by molar-refractivity contribution is -0.139. The Morgan fingerprint density at radius 1 is 1.27 bits per heavy atom. The molecule has 0 saturated heterocycles. The molecule has 1 aromatic carbocycles. The van der Waals surface area contributed by atoms with E-state index < -0.39 is 5.97 Å². The maximum atomic E-state index is 10.4. The van der Waals surface area contributed by atoms with Gasteiger partial charge in [-0.15, -0.1) is 0 Å². The minimum absolute atomic E-state index is 0.274. The zero-order valence-electron chi connectivity index (χ0n) is 9.12. The van der Waals surface area contributed by atoms with Crippen molar-refractivity contribution in [1.82, 2.24) is 0 Å². The summed E-state index contributed by atoms with van der Waals surface area (Å²) in [6.45, 7) is 3.79. The third-order valence-corrected chi connectivity index (χ3v) is 2.28. The highest BCUT2D eigenvalue weighted by Gasteiger charge is 2.08. The molecule has 0 spiro atoms. The molecule has 15 heavy (non-hydrogen) atoms. The Hall–Kier alpha value is -1.51. The summed E-state index contributed by atoms with van der Waals surface area (Å²) in [4.78, 5) is 10.4. The third kappa shape index (κ3) is 2.98. The van der Waals surface area contributed by atoms with Gasteiger partial charge in [-0.05, 0) is 24.0 Å². The molecule has 82 valence electrons. The standard InChI is InChI=1S/C12H16O3/c1-3-9-6-5-7-10(4-2)12(9)15-8-11(13)14/h5-7H,3-4,8H2,1-2H3,(H,13,14). The molecule has 0 aliphatic heterocycles. The first-order valence-corrected chi connectivity index (χ1v) is 5.14. The molecule has 1 rings (SSSR count). The van der Waals surface area contributed by atoms with Crippen LogP contribution in [0, 0.1) is 0 Å². The van der Waals surface area contributed by atoms with Crippen molar-refractivity contribution in [3.8, 4) is 5.75 Å². The molecule has 0 saturated carbocycles. The second kappa shape index (κ2) is 5.39. The van der Waals surface area contributed by atoms with E-state index in [0.717, 1.165) is 29.7 Å². The van der Waals surface area contributed by atoms with Crippen LogP contribution in [0.25, 0.3) is 0 Å². The number of benzene rings is 1. The number of para-hydroxylation sites is 1. The van der Waals surface area contributed by atoms with Crippen molar-refractivity contribution in [3.05, 3.63) is 29.3 Å². The van der Waals surface area contributed by atoms with Gasteiger partial charge in [-0.2, -0.15) is 0 Å². The smallest absolute Gasteiger partial charge is 0.341 e. The number of aliphatic carboxylic acids is 1. The van der Waals surface area contributed by atoms with Crippen LogP contribution in [0.3, 0.4) is 0 Å². The van der Waals surface area contributed by atoms with E-state index in [9.17, 15) is 4.79 Å². The van der Waals surface area contributed by atoms with Crippen LogP contribution in [0.5, 0.6) is 5.75 Å². The summed E-state index contributed by atoms with van der Waals surface area (Å²) in [7, 11) is 0. The van der Waals surface area contributed by atoms with Gasteiger partial charge < -0.3 is 9.84 Å². The molecule has 0 aliphatic rings. The number of aryl methyl sites for hydroxylation is 2. The van der Waals surface area contributed by atoms with Crippen molar-refractivity contribution < 1.29 is 14.6 Å². The fourth-order valence-corrected chi connectivity index (χ4v) is 1.51. The zero-order valence-corrected chi connectivity index (χ0v) is 9.12. The van der Waals surface area contributed by atoms with Crippen molar-refractivity contribution >= 4 is 5.97 Å². The Labute approximate surface area is 89.7 Å². The van der Waals surface area contributed by atoms with Crippen molar-refractivity contribution in [2.75, 3.05) is 6.61 Å². The van der Waals surface area contributed by atoms with Gasteiger partial charge in [0, 0.05) is 0 Å². The molecule has 0 amide bonds. The van der Waals surface area contributed by atoms with Gasteiger partial charge in [0.2, 0.25) is 0 Å². The van der Waals surface area contributed by atoms with Crippen molar-refractivity contribution in [2.24, 2.45) is 0 Å². The highest BCUT2D eigenvalue weighted by Crippen LogP contribution is 2.25. The van der Waals surface area contributed by atoms with Gasteiger partial charge in [-0.25, -0.2) is 4.79 Å². The monoisotopic (exact) mass is 208 g/mol. The molecule has 1 aromatic rings. The quantitative estimate of drug-likeness (QED) is 0.807. The minimum Gasteiger partial charge on any atom is -0.481 e. The number of carboxylic acids is 1. The summed E-state index contributed by atoms with van der Waals surface area (Å²) in [6, 6.07) is 5.91. The lowest BCUT2D eigenvalue weighted by Crippen LogP contribution is -2.11. The molecule has 3 heteroatoms. The molecule has 0 radical (unpaired) electrons.